The zero-order valence-corrected chi connectivity index (χ0v) is 18.1. The van der Waals surface area contributed by atoms with Gasteiger partial charge in [-0.15, -0.1) is 0 Å². The molecule has 1 aromatic heterocycles. The molecule has 0 saturated carbocycles. The second kappa shape index (κ2) is 9.79. The number of carbonyl (C=O) groups is 1. The average molecular weight is 425 g/mol. The fourth-order valence-electron chi connectivity index (χ4n) is 3.35. The molecular weight excluding hydrogens is 400 g/mol. The minimum atomic E-state index is -0.141. The van der Waals surface area contributed by atoms with Gasteiger partial charge in [0.2, 0.25) is 5.78 Å². The highest BCUT2D eigenvalue weighted by molar-refractivity contribution is 6.05. The zero-order chi connectivity index (χ0) is 22.3. The van der Waals surface area contributed by atoms with Gasteiger partial charge in [0.15, 0.2) is 0 Å². The number of rotatable bonds is 8. The number of nitrogens with zero attached hydrogens (tertiary/aromatic N) is 2. The first-order chi connectivity index (χ1) is 15.6. The standard InChI is InChI=1S/C27H24N2O3/c1-29-17-16-25(28-29)26(30)14-8-20-9-15-27(31-2)23(18-20)19-32-24-12-10-22(11-13-24)21-6-4-3-5-7-21/h3-18H,19H2,1-2H3/b14-8+. The normalized spacial score (nSPS) is 10.9. The maximum absolute atomic E-state index is 12.3. The van der Waals surface area contributed by atoms with Gasteiger partial charge in [0.25, 0.3) is 0 Å². The molecule has 5 nitrogen and oxygen atoms in total. The van der Waals surface area contributed by atoms with Crippen molar-refractivity contribution in [3.8, 4) is 22.6 Å². The molecule has 160 valence electrons. The zero-order valence-electron chi connectivity index (χ0n) is 18.1. The average Bonchev–Trinajstić information content (AvgIpc) is 3.28. The van der Waals surface area contributed by atoms with Gasteiger partial charge in [0.1, 0.15) is 23.8 Å². The van der Waals surface area contributed by atoms with Crippen molar-refractivity contribution in [2.75, 3.05) is 7.11 Å². The van der Waals surface area contributed by atoms with E-state index in [0.29, 0.717) is 12.3 Å². The van der Waals surface area contributed by atoms with Crippen LogP contribution in [-0.2, 0) is 13.7 Å². The summed E-state index contributed by atoms with van der Waals surface area (Å²) in [6.45, 7) is 0.351. The lowest BCUT2D eigenvalue weighted by molar-refractivity contribution is 0.104. The molecule has 0 atom stereocenters. The molecule has 4 rings (SSSR count). The number of aryl methyl sites for hydroxylation is 1. The van der Waals surface area contributed by atoms with Crippen molar-refractivity contribution in [2.24, 2.45) is 7.05 Å². The number of ketones is 1. The predicted octanol–water partition coefficient (Wildman–Crippen LogP) is 5.57. The molecule has 0 aliphatic rings. The minimum Gasteiger partial charge on any atom is -0.496 e. The summed E-state index contributed by atoms with van der Waals surface area (Å²) in [4.78, 5) is 12.3. The quantitative estimate of drug-likeness (QED) is 0.274. The van der Waals surface area contributed by atoms with Crippen LogP contribution in [0.4, 0.5) is 0 Å². The Bertz CT molecular complexity index is 1230. The van der Waals surface area contributed by atoms with Gasteiger partial charge in [-0.2, -0.15) is 5.10 Å². The Kier molecular flexibility index (Phi) is 6.46. The predicted molar refractivity (Wildman–Crippen MR) is 126 cm³/mol. The Morgan fingerprint density at radius 2 is 1.72 bits per heavy atom. The molecule has 4 aromatic rings. The summed E-state index contributed by atoms with van der Waals surface area (Å²) in [7, 11) is 3.42. The fourth-order valence-corrected chi connectivity index (χ4v) is 3.35. The molecule has 0 aliphatic heterocycles. The third-order valence-corrected chi connectivity index (χ3v) is 5.05. The van der Waals surface area contributed by atoms with Gasteiger partial charge in [-0.3, -0.25) is 9.48 Å². The Morgan fingerprint density at radius 1 is 0.969 bits per heavy atom. The maximum Gasteiger partial charge on any atom is 0.206 e. The number of aromatic nitrogens is 2. The molecule has 1 heterocycles. The molecule has 32 heavy (non-hydrogen) atoms. The lowest BCUT2D eigenvalue weighted by Crippen LogP contribution is -2.00. The van der Waals surface area contributed by atoms with Gasteiger partial charge < -0.3 is 9.47 Å². The summed E-state index contributed by atoms with van der Waals surface area (Å²) in [6, 6.07) is 25.7. The summed E-state index contributed by atoms with van der Waals surface area (Å²) in [5, 5.41) is 4.13. The lowest BCUT2D eigenvalue weighted by atomic mass is 10.1. The molecule has 0 radical (unpaired) electrons. The first-order valence-electron chi connectivity index (χ1n) is 10.3. The van der Waals surface area contributed by atoms with Gasteiger partial charge in [-0.05, 0) is 53.1 Å². The number of hydrogen-bond donors (Lipinski definition) is 0. The number of hydrogen-bond acceptors (Lipinski definition) is 4. The van der Waals surface area contributed by atoms with Crippen LogP contribution in [0.1, 0.15) is 21.6 Å². The summed E-state index contributed by atoms with van der Waals surface area (Å²) in [5.41, 5.74) is 4.50. The smallest absolute Gasteiger partial charge is 0.206 e. The fraction of sp³-hybridized carbons (Fsp3) is 0.111. The van der Waals surface area contributed by atoms with Crippen molar-refractivity contribution in [1.29, 1.82) is 0 Å². The molecular formula is C27H24N2O3. The molecule has 0 unspecified atom stereocenters. The van der Waals surface area contributed by atoms with Crippen molar-refractivity contribution in [2.45, 2.75) is 6.61 Å². The second-order valence-corrected chi connectivity index (χ2v) is 7.32. The molecule has 0 N–H and O–H groups in total. The Labute approximate surface area is 187 Å². The summed E-state index contributed by atoms with van der Waals surface area (Å²) in [6.07, 6.45) is 5.04. The highest BCUT2D eigenvalue weighted by atomic mass is 16.5. The Hall–Kier alpha value is -4.12. The van der Waals surface area contributed by atoms with Crippen LogP contribution >= 0.6 is 0 Å². The molecule has 0 fully saturated rings. The number of carbonyl (C=O) groups excluding carboxylic acids is 1. The van der Waals surface area contributed by atoms with E-state index in [9.17, 15) is 4.79 Å². The summed E-state index contributed by atoms with van der Waals surface area (Å²) >= 11 is 0. The monoisotopic (exact) mass is 424 g/mol. The SMILES string of the molecule is COc1ccc(/C=C/C(=O)c2ccn(C)n2)cc1COc1ccc(-c2ccccc2)cc1. The van der Waals surface area contributed by atoms with Crippen molar-refractivity contribution in [3.63, 3.8) is 0 Å². The lowest BCUT2D eigenvalue weighted by Gasteiger charge is -2.12. The van der Waals surface area contributed by atoms with E-state index in [-0.39, 0.29) is 5.78 Å². The second-order valence-electron chi connectivity index (χ2n) is 7.32. The van der Waals surface area contributed by atoms with Gasteiger partial charge in [0, 0.05) is 18.8 Å². The first kappa shape index (κ1) is 21.1. The van der Waals surface area contributed by atoms with Crippen LogP contribution in [0.15, 0.2) is 91.1 Å². The van der Waals surface area contributed by atoms with Crippen molar-refractivity contribution in [3.05, 3.63) is 108 Å². The first-order valence-corrected chi connectivity index (χ1v) is 10.3. The maximum atomic E-state index is 12.3. The van der Waals surface area contributed by atoms with Crippen LogP contribution in [0.25, 0.3) is 17.2 Å². The van der Waals surface area contributed by atoms with Crippen molar-refractivity contribution >= 4 is 11.9 Å². The molecule has 0 amide bonds. The number of allylic oxidation sites excluding steroid dienone is 1. The topological polar surface area (TPSA) is 53.4 Å². The summed E-state index contributed by atoms with van der Waals surface area (Å²) < 4.78 is 13.1. The highest BCUT2D eigenvalue weighted by Crippen LogP contribution is 2.25. The van der Waals surface area contributed by atoms with E-state index in [1.165, 1.54) is 11.6 Å². The minimum absolute atomic E-state index is 0.141. The number of ether oxygens (including phenoxy) is 2. The van der Waals surface area contributed by atoms with E-state index in [0.717, 1.165) is 28.2 Å². The largest absolute Gasteiger partial charge is 0.496 e. The molecule has 0 bridgehead atoms. The Morgan fingerprint density at radius 3 is 2.41 bits per heavy atom. The van der Waals surface area contributed by atoms with E-state index in [4.69, 9.17) is 9.47 Å². The third kappa shape index (κ3) is 5.13. The Balaban J connectivity index is 1.45. The molecule has 0 aliphatic carbocycles. The van der Waals surface area contributed by atoms with Gasteiger partial charge in [0.05, 0.1) is 7.11 Å². The van der Waals surface area contributed by atoms with E-state index in [2.05, 4.69) is 17.2 Å². The van der Waals surface area contributed by atoms with Gasteiger partial charge >= 0.3 is 0 Å². The van der Waals surface area contributed by atoms with E-state index in [1.54, 1.807) is 37.2 Å². The third-order valence-electron chi connectivity index (χ3n) is 5.05. The van der Waals surface area contributed by atoms with Crippen molar-refractivity contribution in [1.82, 2.24) is 9.78 Å². The van der Waals surface area contributed by atoms with Crippen LogP contribution in [0.2, 0.25) is 0 Å². The number of methoxy groups -OCH3 is 1. The van der Waals surface area contributed by atoms with E-state index in [1.807, 2.05) is 60.7 Å². The summed E-state index contributed by atoms with van der Waals surface area (Å²) in [5.74, 6) is 1.37. The van der Waals surface area contributed by atoms with Crippen LogP contribution in [0.5, 0.6) is 11.5 Å². The number of benzene rings is 3. The molecule has 0 spiro atoms. The van der Waals surface area contributed by atoms with E-state index < -0.39 is 0 Å². The van der Waals surface area contributed by atoms with Gasteiger partial charge in [-0.25, -0.2) is 0 Å². The van der Waals surface area contributed by atoms with Crippen LogP contribution < -0.4 is 9.47 Å². The van der Waals surface area contributed by atoms with Crippen LogP contribution in [-0.4, -0.2) is 22.7 Å². The molecule has 3 aromatic carbocycles. The highest BCUT2D eigenvalue weighted by Gasteiger charge is 2.08. The van der Waals surface area contributed by atoms with Gasteiger partial charge in [-0.1, -0.05) is 54.6 Å². The van der Waals surface area contributed by atoms with E-state index >= 15 is 0 Å². The molecule has 0 saturated heterocycles. The van der Waals surface area contributed by atoms with Crippen LogP contribution in [0, 0.1) is 0 Å². The molecule has 5 heteroatoms. The van der Waals surface area contributed by atoms with Crippen LogP contribution in [0.3, 0.4) is 0 Å². The van der Waals surface area contributed by atoms with Crippen molar-refractivity contribution < 1.29 is 14.3 Å².